The molecule has 6 heteroatoms. The molecule has 98 valence electrons. The third-order valence-electron chi connectivity index (χ3n) is 3.60. The Morgan fingerprint density at radius 3 is 2.17 bits per heavy atom. The summed E-state index contributed by atoms with van der Waals surface area (Å²) >= 11 is 5.91. The van der Waals surface area contributed by atoms with Crippen molar-refractivity contribution in [3.8, 4) is 5.75 Å². The molecular formula is C12H15BClFO3. The number of aromatic hydroxyl groups is 1. The second-order valence-corrected chi connectivity index (χ2v) is 5.76. The van der Waals surface area contributed by atoms with Gasteiger partial charge in [0.2, 0.25) is 0 Å². The van der Waals surface area contributed by atoms with Gasteiger partial charge >= 0.3 is 7.12 Å². The lowest BCUT2D eigenvalue weighted by atomic mass is 9.78. The van der Waals surface area contributed by atoms with Crippen LogP contribution in [0.2, 0.25) is 5.02 Å². The molecule has 0 spiro atoms. The minimum absolute atomic E-state index is 0.0373. The molecule has 2 rings (SSSR count). The van der Waals surface area contributed by atoms with Gasteiger partial charge in [-0.1, -0.05) is 11.6 Å². The molecule has 1 aromatic carbocycles. The first-order chi connectivity index (χ1) is 8.16. The molecular weight excluding hydrogens is 257 g/mol. The van der Waals surface area contributed by atoms with E-state index in [4.69, 9.17) is 20.9 Å². The van der Waals surface area contributed by atoms with Gasteiger partial charge in [0.1, 0.15) is 11.6 Å². The maximum absolute atomic E-state index is 13.8. The summed E-state index contributed by atoms with van der Waals surface area (Å²) in [4.78, 5) is 0. The van der Waals surface area contributed by atoms with Crippen LogP contribution in [0.25, 0.3) is 0 Å². The molecule has 1 fully saturated rings. The summed E-state index contributed by atoms with van der Waals surface area (Å²) < 4.78 is 25.2. The fraction of sp³-hybridized carbons (Fsp3) is 0.500. The summed E-state index contributed by atoms with van der Waals surface area (Å²) in [6.45, 7) is 7.45. The zero-order chi connectivity index (χ0) is 13.7. The maximum Gasteiger partial charge on any atom is 0.499 e. The zero-order valence-electron chi connectivity index (χ0n) is 10.8. The van der Waals surface area contributed by atoms with Gasteiger partial charge in [-0.15, -0.1) is 0 Å². The molecule has 1 aliphatic heterocycles. The van der Waals surface area contributed by atoms with E-state index in [0.29, 0.717) is 0 Å². The highest BCUT2D eigenvalue weighted by molar-refractivity contribution is 6.66. The SMILES string of the molecule is CC1(C)OB(c2c(F)ccc(O)c2Cl)OC1(C)C. The molecule has 0 atom stereocenters. The summed E-state index contributed by atoms with van der Waals surface area (Å²) in [6.07, 6.45) is 0. The van der Waals surface area contributed by atoms with Crippen LogP contribution in [-0.2, 0) is 9.31 Å². The molecule has 0 aliphatic carbocycles. The Bertz CT molecular complexity index is 474. The Morgan fingerprint density at radius 2 is 1.67 bits per heavy atom. The molecule has 1 heterocycles. The third kappa shape index (κ3) is 2.00. The van der Waals surface area contributed by atoms with Crippen molar-refractivity contribution in [3.05, 3.63) is 23.0 Å². The fourth-order valence-electron chi connectivity index (χ4n) is 1.73. The minimum atomic E-state index is -0.922. The van der Waals surface area contributed by atoms with Crippen LogP contribution in [0.15, 0.2) is 12.1 Å². The average Bonchev–Trinajstić information content (AvgIpc) is 2.43. The molecule has 0 aromatic heterocycles. The fourth-order valence-corrected chi connectivity index (χ4v) is 1.98. The van der Waals surface area contributed by atoms with E-state index in [0.717, 1.165) is 6.07 Å². The number of hydrogen-bond acceptors (Lipinski definition) is 3. The van der Waals surface area contributed by atoms with Gasteiger partial charge < -0.3 is 14.4 Å². The van der Waals surface area contributed by atoms with E-state index in [2.05, 4.69) is 0 Å². The third-order valence-corrected chi connectivity index (χ3v) is 3.99. The molecule has 1 N–H and O–H groups in total. The number of halogens is 2. The minimum Gasteiger partial charge on any atom is -0.506 e. The second kappa shape index (κ2) is 4.12. The van der Waals surface area contributed by atoms with Gasteiger partial charge in [0, 0.05) is 5.46 Å². The second-order valence-electron chi connectivity index (χ2n) is 5.38. The predicted molar refractivity (Wildman–Crippen MR) is 68.8 cm³/mol. The predicted octanol–water partition coefficient (Wildman–Crippen LogP) is 2.48. The molecule has 3 nitrogen and oxygen atoms in total. The van der Waals surface area contributed by atoms with E-state index in [-0.39, 0.29) is 16.2 Å². The van der Waals surface area contributed by atoms with Gasteiger partial charge in [-0.05, 0) is 39.8 Å². The normalized spacial score (nSPS) is 21.3. The van der Waals surface area contributed by atoms with Crippen LogP contribution in [0.5, 0.6) is 5.75 Å². The van der Waals surface area contributed by atoms with Gasteiger partial charge in [0.15, 0.2) is 0 Å². The van der Waals surface area contributed by atoms with Crippen molar-refractivity contribution < 1.29 is 18.8 Å². The summed E-state index contributed by atoms with van der Waals surface area (Å²) in [5.41, 5.74) is -1.13. The lowest BCUT2D eigenvalue weighted by Gasteiger charge is -2.32. The van der Waals surface area contributed by atoms with Crippen molar-refractivity contribution in [2.24, 2.45) is 0 Å². The lowest BCUT2D eigenvalue weighted by molar-refractivity contribution is 0.00578. The largest absolute Gasteiger partial charge is 0.506 e. The molecule has 1 aliphatic rings. The van der Waals surface area contributed by atoms with E-state index in [9.17, 15) is 9.50 Å². The summed E-state index contributed by atoms with van der Waals surface area (Å²) in [5.74, 6) is -0.751. The van der Waals surface area contributed by atoms with Crippen LogP contribution in [0.3, 0.4) is 0 Å². The van der Waals surface area contributed by atoms with Gasteiger partial charge in [0.25, 0.3) is 0 Å². The smallest absolute Gasteiger partial charge is 0.499 e. The number of phenols is 1. The lowest BCUT2D eigenvalue weighted by Crippen LogP contribution is -2.41. The summed E-state index contributed by atoms with van der Waals surface area (Å²) in [7, 11) is -0.922. The van der Waals surface area contributed by atoms with Gasteiger partial charge in [-0.3, -0.25) is 0 Å². The number of hydrogen-bond donors (Lipinski definition) is 1. The average molecular weight is 273 g/mol. The van der Waals surface area contributed by atoms with Crippen LogP contribution in [0.4, 0.5) is 4.39 Å². The van der Waals surface area contributed by atoms with Crippen molar-refractivity contribution in [3.63, 3.8) is 0 Å². The van der Waals surface area contributed by atoms with Crippen LogP contribution in [0, 0.1) is 5.82 Å². The van der Waals surface area contributed by atoms with Gasteiger partial charge in [0.05, 0.1) is 16.2 Å². The highest BCUT2D eigenvalue weighted by Crippen LogP contribution is 2.37. The topological polar surface area (TPSA) is 38.7 Å². The standard InChI is InChI=1S/C12H15BClFO3/c1-11(2)12(3,4)18-13(17-11)9-7(15)5-6-8(16)10(9)14/h5-6,16H,1-4H3. The van der Waals surface area contributed by atoms with Gasteiger partial charge in [-0.2, -0.15) is 0 Å². The van der Waals surface area contributed by atoms with Crippen LogP contribution in [0.1, 0.15) is 27.7 Å². The molecule has 0 saturated carbocycles. The number of rotatable bonds is 1. The Hall–Kier alpha value is -0.775. The molecule has 1 aromatic rings. The van der Waals surface area contributed by atoms with E-state index >= 15 is 0 Å². The monoisotopic (exact) mass is 272 g/mol. The molecule has 0 unspecified atom stereocenters. The Balaban J connectivity index is 2.44. The first kappa shape index (κ1) is 13.7. The van der Waals surface area contributed by atoms with Crippen molar-refractivity contribution in [1.29, 1.82) is 0 Å². The van der Waals surface area contributed by atoms with E-state index < -0.39 is 24.1 Å². The first-order valence-corrected chi connectivity index (χ1v) is 6.06. The molecule has 1 saturated heterocycles. The zero-order valence-corrected chi connectivity index (χ0v) is 11.5. The Labute approximate surface area is 111 Å². The quantitative estimate of drug-likeness (QED) is 0.798. The molecule has 0 bridgehead atoms. The number of benzene rings is 1. The van der Waals surface area contributed by atoms with Crippen molar-refractivity contribution in [2.75, 3.05) is 0 Å². The Kier molecular flexibility index (Phi) is 3.12. The summed E-state index contributed by atoms with van der Waals surface area (Å²) in [5, 5.41) is 9.46. The molecule has 0 amide bonds. The van der Waals surface area contributed by atoms with Gasteiger partial charge in [-0.25, -0.2) is 4.39 Å². The van der Waals surface area contributed by atoms with Crippen LogP contribution >= 0.6 is 11.6 Å². The highest BCUT2D eigenvalue weighted by atomic mass is 35.5. The van der Waals surface area contributed by atoms with Crippen LogP contribution < -0.4 is 5.46 Å². The van der Waals surface area contributed by atoms with Crippen molar-refractivity contribution in [2.45, 2.75) is 38.9 Å². The summed E-state index contributed by atoms with van der Waals surface area (Å²) in [6, 6.07) is 2.34. The maximum atomic E-state index is 13.8. The molecule has 18 heavy (non-hydrogen) atoms. The highest BCUT2D eigenvalue weighted by Gasteiger charge is 2.53. The van der Waals surface area contributed by atoms with E-state index in [1.165, 1.54) is 6.07 Å². The van der Waals surface area contributed by atoms with Crippen molar-refractivity contribution >= 4 is 24.2 Å². The Morgan fingerprint density at radius 1 is 1.17 bits per heavy atom. The van der Waals surface area contributed by atoms with E-state index in [1.807, 2.05) is 27.7 Å². The number of phenolic OH excluding ortho intramolecular Hbond substituents is 1. The van der Waals surface area contributed by atoms with E-state index in [1.54, 1.807) is 0 Å². The molecule has 0 radical (unpaired) electrons. The van der Waals surface area contributed by atoms with Crippen LogP contribution in [-0.4, -0.2) is 23.4 Å². The van der Waals surface area contributed by atoms with Crippen molar-refractivity contribution in [1.82, 2.24) is 0 Å². The first-order valence-electron chi connectivity index (χ1n) is 5.68.